The average molecular weight is 270 g/mol. The Balaban J connectivity index is 1.87. The molecule has 0 atom stereocenters. The zero-order chi connectivity index (χ0) is 13.9. The van der Waals surface area contributed by atoms with Crippen molar-refractivity contribution in [1.82, 2.24) is 5.32 Å². The van der Waals surface area contributed by atoms with E-state index in [-0.39, 0.29) is 12.2 Å². The maximum Gasteiger partial charge on any atom is 0.319 e. The van der Waals surface area contributed by atoms with Gasteiger partial charge in [0.2, 0.25) is 0 Å². The quantitative estimate of drug-likeness (QED) is 0.789. The van der Waals surface area contributed by atoms with Crippen LogP contribution in [0.1, 0.15) is 25.7 Å². The first-order valence-corrected chi connectivity index (χ1v) is 6.21. The fourth-order valence-corrected chi connectivity index (χ4v) is 2.21. The zero-order valence-electron chi connectivity index (χ0n) is 10.4. The van der Waals surface area contributed by atoms with E-state index in [4.69, 9.17) is 0 Å². The van der Waals surface area contributed by atoms with Crippen LogP contribution in [0.25, 0.3) is 0 Å². The van der Waals surface area contributed by atoms with E-state index in [1.807, 2.05) is 0 Å². The van der Waals surface area contributed by atoms with E-state index < -0.39 is 23.3 Å². The summed E-state index contributed by atoms with van der Waals surface area (Å²) in [6, 6.07) is 2.28. The smallest absolute Gasteiger partial charge is 0.319 e. The third-order valence-corrected chi connectivity index (χ3v) is 3.29. The van der Waals surface area contributed by atoms with Gasteiger partial charge in [-0.05, 0) is 25.0 Å². The summed E-state index contributed by atoms with van der Waals surface area (Å²) in [4.78, 5) is 11.6. The molecule has 0 heterocycles. The van der Waals surface area contributed by atoms with Crippen LogP contribution < -0.4 is 10.6 Å². The van der Waals surface area contributed by atoms with Gasteiger partial charge in [0.05, 0.1) is 11.3 Å². The predicted octanol–water partition coefficient (Wildman–Crippen LogP) is 2.39. The van der Waals surface area contributed by atoms with E-state index in [9.17, 15) is 18.7 Å². The Kier molecular flexibility index (Phi) is 3.99. The van der Waals surface area contributed by atoms with Crippen molar-refractivity contribution in [2.24, 2.45) is 0 Å². The van der Waals surface area contributed by atoms with Gasteiger partial charge < -0.3 is 15.7 Å². The Morgan fingerprint density at radius 2 is 2.00 bits per heavy atom. The van der Waals surface area contributed by atoms with Gasteiger partial charge in [0.25, 0.3) is 0 Å². The fourth-order valence-electron chi connectivity index (χ4n) is 2.21. The number of anilines is 1. The molecule has 0 radical (unpaired) electrons. The monoisotopic (exact) mass is 270 g/mol. The highest BCUT2D eigenvalue weighted by atomic mass is 19.1. The van der Waals surface area contributed by atoms with Crippen molar-refractivity contribution < 1.29 is 18.7 Å². The molecule has 2 rings (SSSR count). The number of halogens is 2. The number of hydrogen-bond acceptors (Lipinski definition) is 2. The molecular formula is C13H16F2N2O2. The topological polar surface area (TPSA) is 61.4 Å². The number of carbonyl (C=O) groups excluding carboxylic acids is 1. The summed E-state index contributed by atoms with van der Waals surface area (Å²) in [6.07, 6.45) is 3.18. The van der Waals surface area contributed by atoms with E-state index in [1.54, 1.807) is 0 Å². The van der Waals surface area contributed by atoms with Crippen LogP contribution in [0.3, 0.4) is 0 Å². The average Bonchev–Trinajstić information content (AvgIpc) is 2.78. The van der Waals surface area contributed by atoms with Crippen molar-refractivity contribution in [2.45, 2.75) is 31.3 Å². The molecule has 0 saturated heterocycles. The van der Waals surface area contributed by atoms with Gasteiger partial charge in [-0.1, -0.05) is 12.8 Å². The summed E-state index contributed by atoms with van der Waals surface area (Å²) in [6.45, 7) is 0.127. The van der Waals surface area contributed by atoms with Gasteiger partial charge in [0.1, 0.15) is 11.6 Å². The summed E-state index contributed by atoms with van der Waals surface area (Å²) in [5.41, 5.74) is -0.962. The molecule has 0 aromatic heterocycles. The van der Waals surface area contributed by atoms with Crippen molar-refractivity contribution in [3.05, 3.63) is 29.8 Å². The Bertz CT molecular complexity index is 474. The number of rotatable bonds is 3. The van der Waals surface area contributed by atoms with Crippen molar-refractivity contribution in [1.29, 1.82) is 0 Å². The molecule has 1 aliphatic carbocycles. The highest BCUT2D eigenvalue weighted by molar-refractivity contribution is 5.89. The first kappa shape index (κ1) is 13.7. The van der Waals surface area contributed by atoms with Crippen LogP contribution in [0.4, 0.5) is 19.3 Å². The molecule has 1 aromatic rings. The second-order valence-corrected chi connectivity index (χ2v) is 4.86. The Morgan fingerprint density at radius 3 is 2.63 bits per heavy atom. The van der Waals surface area contributed by atoms with Crippen LogP contribution in [-0.4, -0.2) is 23.3 Å². The number of nitrogens with one attached hydrogen (secondary N) is 2. The fraction of sp³-hybridized carbons (Fsp3) is 0.462. The standard InChI is InChI=1S/C13H16F2N2O2/c14-9-3-4-11(10(15)7-9)17-12(18)16-8-13(19)5-1-2-6-13/h3-4,7,19H,1-2,5-6,8H2,(H2,16,17,18). The van der Waals surface area contributed by atoms with Gasteiger partial charge in [-0.25, -0.2) is 13.6 Å². The van der Waals surface area contributed by atoms with E-state index in [0.717, 1.165) is 25.0 Å². The number of hydrogen-bond donors (Lipinski definition) is 3. The lowest BCUT2D eigenvalue weighted by atomic mass is 10.0. The molecule has 4 nitrogen and oxygen atoms in total. The van der Waals surface area contributed by atoms with Crippen LogP contribution in [0.15, 0.2) is 18.2 Å². The first-order valence-electron chi connectivity index (χ1n) is 6.21. The molecule has 6 heteroatoms. The Morgan fingerprint density at radius 1 is 1.32 bits per heavy atom. The van der Waals surface area contributed by atoms with Gasteiger partial charge in [0, 0.05) is 12.6 Å². The molecule has 1 saturated carbocycles. The molecule has 0 bridgehead atoms. The predicted molar refractivity (Wildman–Crippen MR) is 66.8 cm³/mol. The minimum Gasteiger partial charge on any atom is -0.388 e. The van der Waals surface area contributed by atoms with E-state index in [2.05, 4.69) is 10.6 Å². The molecule has 0 aliphatic heterocycles. The summed E-state index contributed by atoms with van der Waals surface area (Å²) in [5, 5.41) is 14.8. The normalized spacial score (nSPS) is 17.2. The van der Waals surface area contributed by atoms with Gasteiger partial charge in [-0.2, -0.15) is 0 Å². The zero-order valence-corrected chi connectivity index (χ0v) is 10.4. The van der Waals surface area contributed by atoms with Crippen LogP contribution in [0.2, 0.25) is 0 Å². The second kappa shape index (κ2) is 5.52. The molecule has 3 N–H and O–H groups in total. The van der Waals surface area contributed by atoms with Gasteiger partial charge in [-0.3, -0.25) is 0 Å². The molecular weight excluding hydrogens is 254 g/mol. The summed E-state index contributed by atoms with van der Waals surface area (Å²) in [7, 11) is 0. The Hall–Kier alpha value is -1.69. The van der Waals surface area contributed by atoms with Crippen molar-refractivity contribution in [3.63, 3.8) is 0 Å². The second-order valence-electron chi connectivity index (χ2n) is 4.86. The third kappa shape index (κ3) is 3.64. The van der Waals surface area contributed by atoms with Crippen LogP contribution in [-0.2, 0) is 0 Å². The maximum absolute atomic E-state index is 13.3. The van der Waals surface area contributed by atoms with Gasteiger partial charge in [0.15, 0.2) is 0 Å². The minimum atomic E-state index is -0.862. The SMILES string of the molecule is O=C(NCC1(O)CCCC1)Nc1ccc(F)cc1F. The first-order chi connectivity index (χ1) is 8.98. The molecule has 2 amide bonds. The number of benzene rings is 1. The number of amides is 2. The Labute approximate surface area is 109 Å². The number of carbonyl (C=O) groups is 1. The lowest BCUT2D eigenvalue weighted by Gasteiger charge is -2.22. The summed E-state index contributed by atoms with van der Waals surface area (Å²) < 4.78 is 26.0. The maximum atomic E-state index is 13.3. The number of aliphatic hydroxyl groups is 1. The lowest BCUT2D eigenvalue weighted by Crippen LogP contribution is -2.42. The van der Waals surface area contributed by atoms with Crippen LogP contribution in [0.5, 0.6) is 0 Å². The molecule has 0 unspecified atom stereocenters. The molecule has 1 aromatic carbocycles. The minimum absolute atomic E-state index is 0.0997. The summed E-state index contributed by atoms with van der Waals surface area (Å²) >= 11 is 0. The molecule has 104 valence electrons. The highest BCUT2D eigenvalue weighted by Crippen LogP contribution is 2.28. The van der Waals surface area contributed by atoms with Crippen molar-refractivity contribution in [3.8, 4) is 0 Å². The van der Waals surface area contributed by atoms with Crippen LogP contribution >= 0.6 is 0 Å². The molecule has 1 fully saturated rings. The van der Waals surface area contributed by atoms with E-state index in [1.165, 1.54) is 0 Å². The summed E-state index contributed by atoms with van der Waals surface area (Å²) in [5.74, 6) is -1.54. The highest BCUT2D eigenvalue weighted by Gasteiger charge is 2.31. The molecule has 1 aliphatic rings. The van der Waals surface area contributed by atoms with Crippen molar-refractivity contribution >= 4 is 11.7 Å². The van der Waals surface area contributed by atoms with Crippen LogP contribution in [0, 0.1) is 11.6 Å². The van der Waals surface area contributed by atoms with Gasteiger partial charge >= 0.3 is 6.03 Å². The van der Waals surface area contributed by atoms with E-state index >= 15 is 0 Å². The lowest BCUT2D eigenvalue weighted by molar-refractivity contribution is 0.0506. The molecule has 19 heavy (non-hydrogen) atoms. The van der Waals surface area contributed by atoms with Crippen molar-refractivity contribution in [2.75, 3.05) is 11.9 Å². The van der Waals surface area contributed by atoms with Gasteiger partial charge in [-0.15, -0.1) is 0 Å². The number of urea groups is 1. The van der Waals surface area contributed by atoms with E-state index in [0.29, 0.717) is 18.9 Å². The molecule has 0 spiro atoms. The largest absolute Gasteiger partial charge is 0.388 e. The third-order valence-electron chi connectivity index (χ3n) is 3.29.